The largest absolute Gasteiger partial charge is 0.355 e. The Morgan fingerprint density at radius 2 is 1.95 bits per heavy atom. The number of hydrogen-bond donors (Lipinski definition) is 2. The molecular weight excluding hydrogens is 310 g/mol. The topological polar surface area (TPSA) is 105 Å². The highest BCUT2D eigenvalue weighted by molar-refractivity contribution is 7.89. The summed E-state index contributed by atoms with van der Waals surface area (Å²) in [6.45, 7) is 2.05. The second-order valence-electron chi connectivity index (χ2n) is 4.26. The van der Waals surface area contributed by atoms with Crippen LogP contribution in [0.3, 0.4) is 0 Å². The minimum Gasteiger partial charge on any atom is -0.355 e. The summed E-state index contributed by atoms with van der Waals surface area (Å²) in [6, 6.07) is 5.47. The van der Waals surface area contributed by atoms with Gasteiger partial charge in [0.25, 0.3) is 15.9 Å². The quantitative estimate of drug-likeness (QED) is 0.670. The van der Waals surface area contributed by atoms with Gasteiger partial charge in [0.05, 0.1) is 18.6 Å². The maximum atomic E-state index is 12.1. The molecule has 0 heterocycles. The number of sulfonamides is 1. The lowest BCUT2D eigenvalue weighted by molar-refractivity contribution is -0.120. The Labute approximate surface area is 129 Å². The standard InChI is InChI=1S/C13H19N3O5S/c1-4-14-12(17)9-15-13(18)10-6-5-7-11(8-10)22(19,20)16(2)21-3/h5-8H,4,9H2,1-3H3,(H,14,17)(H,15,18). The van der Waals surface area contributed by atoms with Crippen LogP contribution in [-0.4, -0.2) is 51.9 Å². The second-order valence-corrected chi connectivity index (χ2v) is 6.20. The fraction of sp³-hybridized carbons (Fsp3) is 0.385. The second kappa shape index (κ2) is 7.87. The van der Waals surface area contributed by atoms with Gasteiger partial charge >= 0.3 is 0 Å². The van der Waals surface area contributed by atoms with Crippen LogP contribution in [0, 0.1) is 0 Å². The van der Waals surface area contributed by atoms with E-state index < -0.39 is 15.9 Å². The van der Waals surface area contributed by atoms with Crippen molar-refractivity contribution in [3.8, 4) is 0 Å². The summed E-state index contributed by atoms with van der Waals surface area (Å²) in [5.74, 6) is -0.859. The van der Waals surface area contributed by atoms with Gasteiger partial charge in [0.15, 0.2) is 0 Å². The molecule has 0 aromatic heterocycles. The Hall–Kier alpha value is -1.97. The molecule has 1 rings (SSSR count). The van der Waals surface area contributed by atoms with Gasteiger partial charge in [-0.1, -0.05) is 10.5 Å². The van der Waals surface area contributed by atoms with Crippen molar-refractivity contribution in [1.29, 1.82) is 0 Å². The Morgan fingerprint density at radius 3 is 2.55 bits per heavy atom. The van der Waals surface area contributed by atoms with E-state index in [-0.39, 0.29) is 22.9 Å². The van der Waals surface area contributed by atoms with Crippen LogP contribution in [0.25, 0.3) is 0 Å². The van der Waals surface area contributed by atoms with Crippen LogP contribution in [0.4, 0.5) is 0 Å². The third-order valence-corrected chi connectivity index (χ3v) is 4.45. The Bertz CT molecular complexity index is 645. The zero-order valence-electron chi connectivity index (χ0n) is 12.6. The lowest BCUT2D eigenvalue weighted by Gasteiger charge is -2.14. The highest BCUT2D eigenvalue weighted by Crippen LogP contribution is 2.15. The Kier molecular flexibility index (Phi) is 6.47. The molecule has 2 amide bonds. The summed E-state index contributed by atoms with van der Waals surface area (Å²) in [5.41, 5.74) is 0.134. The number of hydrogen-bond acceptors (Lipinski definition) is 5. The normalized spacial score (nSPS) is 11.3. The number of likely N-dealkylation sites (N-methyl/N-ethyl adjacent to an activating group) is 1. The van der Waals surface area contributed by atoms with E-state index in [4.69, 9.17) is 0 Å². The number of nitrogens with zero attached hydrogens (tertiary/aromatic N) is 1. The smallest absolute Gasteiger partial charge is 0.264 e. The fourth-order valence-corrected chi connectivity index (χ4v) is 2.59. The summed E-state index contributed by atoms with van der Waals surface area (Å²) in [6.07, 6.45) is 0. The first kappa shape index (κ1) is 18.1. The van der Waals surface area contributed by atoms with E-state index in [0.717, 1.165) is 0 Å². The SMILES string of the molecule is CCNC(=O)CNC(=O)c1cccc(S(=O)(=O)N(C)OC)c1. The van der Waals surface area contributed by atoms with Gasteiger partial charge < -0.3 is 10.6 Å². The molecule has 122 valence electrons. The molecule has 2 N–H and O–H groups in total. The fourth-order valence-electron chi connectivity index (χ4n) is 1.57. The van der Waals surface area contributed by atoms with Gasteiger partial charge in [0.2, 0.25) is 5.91 Å². The zero-order chi connectivity index (χ0) is 16.8. The molecule has 0 bridgehead atoms. The van der Waals surface area contributed by atoms with Crippen molar-refractivity contribution in [2.45, 2.75) is 11.8 Å². The maximum absolute atomic E-state index is 12.1. The van der Waals surface area contributed by atoms with Gasteiger partial charge in [-0.25, -0.2) is 8.42 Å². The van der Waals surface area contributed by atoms with Crippen molar-refractivity contribution >= 4 is 21.8 Å². The van der Waals surface area contributed by atoms with Crippen molar-refractivity contribution in [3.63, 3.8) is 0 Å². The third-order valence-electron chi connectivity index (χ3n) is 2.77. The number of hydroxylamine groups is 1. The molecule has 0 radical (unpaired) electrons. The minimum atomic E-state index is -3.83. The molecule has 9 heteroatoms. The van der Waals surface area contributed by atoms with Gasteiger partial charge in [-0.05, 0) is 25.1 Å². The van der Waals surface area contributed by atoms with Crippen LogP contribution in [0.5, 0.6) is 0 Å². The molecule has 0 aliphatic carbocycles. The molecule has 8 nitrogen and oxygen atoms in total. The number of carbonyl (C=O) groups is 2. The summed E-state index contributed by atoms with van der Waals surface area (Å²) < 4.78 is 24.9. The van der Waals surface area contributed by atoms with Gasteiger partial charge in [-0.2, -0.15) is 0 Å². The molecule has 0 saturated carbocycles. The first-order chi connectivity index (χ1) is 10.3. The zero-order valence-corrected chi connectivity index (χ0v) is 13.4. The van der Waals surface area contributed by atoms with Crippen LogP contribution >= 0.6 is 0 Å². The average Bonchev–Trinajstić information content (AvgIpc) is 2.52. The van der Waals surface area contributed by atoms with Crippen molar-refractivity contribution in [2.75, 3.05) is 27.2 Å². The molecule has 0 unspecified atom stereocenters. The first-order valence-electron chi connectivity index (χ1n) is 6.51. The summed E-state index contributed by atoms with van der Waals surface area (Å²) in [7, 11) is -1.36. The van der Waals surface area contributed by atoms with E-state index in [1.54, 1.807) is 6.92 Å². The third kappa shape index (κ3) is 4.52. The predicted octanol–water partition coefficient (Wildman–Crippen LogP) is -0.266. The van der Waals surface area contributed by atoms with Crippen LogP contribution in [0.2, 0.25) is 0 Å². The highest BCUT2D eigenvalue weighted by Gasteiger charge is 2.21. The number of nitrogens with one attached hydrogen (secondary N) is 2. The number of benzene rings is 1. The van der Waals surface area contributed by atoms with Crippen molar-refractivity contribution < 1.29 is 22.8 Å². The molecule has 1 aromatic rings. The van der Waals surface area contributed by atoms with Gasteiger partial charge in [0.1, 0.15) is 0 Å². The molecule has 0 fully saturated rings. The van der Waals surface area contributed by atoms with Crippen LogP contribution in [-0.2, 0) is 19.7 Å². The van der Waals surface area contributed by atoms with Crippen LogP contribution in [0.1, 0.15) is 17.3 Å². The van der Waals surface area contributed by atoms with E-state index in [2.05, 4.69) is 15.5 Å². The Balaban J connectivity index is 2.88. The molecule has 1 aromatic carbocycles. The lowest BCUT2D eigenvalue weighted by atomic mass is 10.2. The van der Waals surface area contributed by atoms with Crippen molar-refractivity contribution in [2.24, 2.45) is 0 Å². The van der Waals surface area contributed by atoms with E-state index in [9.17, 15) is 18.0 Å². The monoisotopic (exact) mass is 329 g/mol. The van der Waals surface area contributed by atoms with Gasteiger partial charge in [0, 0.05) is 19.2 Å². The molecule has 0 aliphatic heterocycles. The van der Waals surface area contributed by atoms with Gasteiger partial charge in [-0.15, -0.1) is 0 Å². The number of amides is 2. The molecule has 0 spiro atoms. The van der Waals surface area contributed by atoms with E-state index in [0.29, 0.717) is 11.0 Å². The molecule has 0 saturated heterocycles. The summed E-state index contributed by atoms with van der Waals surface area (Å²) in [5, 5.41) is 4.95. The highest BCUT2D eigenvalue weighted by atomic mass is 32.2. The molecule has 0 aliphatic rings. The van der Waals surface area contributed by atoms with Crippen LogP contribution < -0.4 is 10.6 Å². The molecular formula is C13H19N3O5S. The molecule has 0 atom stereocenters. The maximum Gasteiger partial charge on any atom is 0.264 e. The van der Waals surface area contributed by atoms with E-state index in [1.165, 1.54) is 38.4 Å². The summed E-state index contributed by atoms with van der Waals surface area (Å²) >= 11 is 0. The first-order valence-corrected chi connectivity index (χ1v) is 7.95. The average molecular weight is 329 g/mol. The molecule has 22 heavy (non-hydrogen) atoms. The van der Waals surface area contributed by atoms with Crippen molar-refractivity contribution in [1.82, 2.24) is 15.1 Å². The lowest BCUT2D eigenvalue weighted by Crippen LogP contribution is -2.36. The minimum absolute atomic E-state index is 0.0810. The Morgan fingerprint density at radius 1 is 1.27 bits per heavy atom. The summed E-state index contributed by atoms with van der Waals surface area (Å²) in [4.78, 5) is 27.8. The van der Waals surface area contributed by atoms with Gasteiger partial charge in [-0.3, -0.25) is 14.4 Å². The van der Waals surface area contributed by atoms with Crippen LogP contribution in [0.15, 0.2) is 29.2 Å². The number of rotatable bonds is 7. The van der Waals surface area contributed by atoms with Crippen molar-refractivity contribution in [3.05, 3.63) is 29.8 Å². The predicted molar refractivity (Wildman–Crippen MR) is 79.4 cm³/mol. The van der Waals surface area contributed by atoms with E-state index in [1.807, 2.05) is 0 Å². The van der Waals surface area contributed by atoms with E-state index >= 15 is 0 Å². The number of carbonyl (C=O) groups excluding carboxylic acids is 2.